The summed E-state index contributed by atoms with van der Waals surface area (Å²) in [5.74, 6) is 0.769. The van der Waals surface area contributed by atoms with Gasteiger partial charge in [-0.15, -0.1) is 5.46 Å². The van der Waals surface area contributed by atoms with E-state index in [-0.39, 0.29) is 43.6 Å². The van der Waals surface area contributed by atoms with E-state index in [4.69, 9.17) is 4.98 Å². The SMILES string of the molecule is Cc1nc2ccc(B([O-])[O-])c(C(C)C)c2c(C(C)C)c1C(C)C.[Li+].[Li+]. The Kier molecular flexibility index (Phi) is 9.59. The van der Waals surface area contributed by atoms with Gasteiger partial charge in [0.05, 0.1) is 5.52 Å². The number of aryl methyl sites for hydroxylation is 1. The van der Waals surface area contributed by atoms with Crippen molar-refractivity contribution in [2.75, 3.05) is 0 Å². The van der Waals surface area contributed by atoms with Crippen LogP contribution in [0.2, 0.25) is 0 Å². The summed E-state index contributed by atoms with van der Waals surface area (Å²) < 4.78 is 0. The fourth-order valence-electron chi connectivity index (χ4n) is 3.73. The van der Waals surface area contributed by atoms with Gasteiger partial charge in [-0.05, 0) is 47.4 Å². The molecule has 0 radical (unpaired) electrons. The largest absolute Gasteiger partial charge is 1.00 e. The second-order valence-electron chi connectivity index (χ2n) is 7.28. The van der Waals surface area contributed by atoms with E-state index < -0.39 is 7.12 Å². The van der Waals surface area contributed by atoms with Crippen LogP contribution in [0.5, 0.6) is 0 Å². The molecule has 124 valence electrons. The molecule has 0 aliphatic rings. The molecule has 0 bridgehead atoms. The van der Waals surface area contributed by atoms with Crippen molar-refractivity contribution >= 4 is 23.5 Å². The normalized spacial score (nSPS) is 11.0. The van der Waals surface area contributed by atoms with E-state index in [1.807, 2.05) is 26.8 Å². The van der Waals surface area contributed by atoms with Crippen LogP contribution in [0.15, 0.2) is 12.1 Å². The summed E-state index contributed by atoms with van der Waals surface area (Å²) in [6, 6.07) is 3.51. The second-order valence-corrected chi connectivity index (χ2v) is 7.28. The average Bonchev–Trinajstić information content (AvgIpc) is 2.43. The van der Waals surface area contributed by atoms with Crippen LogP contribution < -0.4 is 53.2 Å². The van der Waals surface area contributed by atoms with Crippen molar-refractivity contribution in [1.29, 1.82) is 0 Å². The molecular weight excluding hydrogens is 299 g/mol. The van der Waals surface area contributed by atoms with Gasteiger partial charge >= 0.3 is 37.7 Å². The van der Waals surface area contributed by atoms with Gasteiger partial charge < -0.3 is 10.0 Å². The average molecular weight is 325 g/mol. The summed E-state index contributed by atoms with van der Waals surface area (Å²) in [6.45, 7) is 14.8. The van der Waals surface area contributed by atoms with Gasteiger partial charge in [0, 0.05) is 11.1 Å². The number of hydrogen-bond acceptors (Lipinski definition) is 3. The Morgan fingerprint density at radius 1 is 0.800 bits per heavy atom. The minimum absolute atomic E-state index is 0. The number of aromatic nitrogens is 1. The van der Waals surface area contributed by atoms with Gasteiger partial charge in [-0.2, -0.15) is 0 Å². The molecule has 1 aromatic heterocycles. The van der Waals surface area contributed by atoms with Crippen LogP contribution in [0.4, 0.5) is 0 Å². The third-order valence-electron chi connectivity index (χ3n) is 4.48. The van der Waals surface area contributed by atoms with Crippen molar-refractivity contribution in [3.05, 3.63) is 34.5 Å². The Bertz CT molecular complexity index is 731. The second kappa shape index (κ2) is 9.66. The first-order valence-corrected chi connectivity index (χ1v) is 8.45. The zero-order valence-corrected chi connectivity index (χ0v) is 17.2. The minimum Gasteiger partial charge on any atom is -0.889 e. The molecule has 25 heavy (non-hydrogen) atoms. The first kappa shape index (κ1) is 24.8. The molecule has 1 aromatic carbocycles. The van der Waals surface area contributed by atoms with Gasteiger partial charge in [0.15, 0.2) is 0 Å². The van der Waals surface area contributed by atoms with Crippen molar-refractivity contribution in [3.63, 3.8) is 0 Å². The van der Waals surface area contributed by atoms with E-state index in [0.717, 1.165) is 22.2 Å². The maximum atomic E-state index is 11.7. The number of benzene rings is 1. The van der Waals surface area contributed by atoms with Crippen LogP contribution >= 0.6 is 0 Å². The molecule has 0 spiro atoms. The van der Waals surface area contributed by atoms with Crippen LogP contribution in [0, 0.1) is 6.92 Å². The summed E-state index contributed by atoms with van der Waals surface area (Å²) in [5.41, 5.74) is 5.68. The molecule has 1 heterocycles. The molecule has 0 saturated heterocycles. The predicted molar refractivity (Wildman–Crippen MR) is 94.1 cm³/mol. The smallest absolute Gasteiger partial charge is 0.889 e. The van der Waals surface area contributed by atoms with E-state index in [2.05, 4.69) is 27.7 Å². The summed E-state index contributed by atoms with van der Waals surface area (Å²) in [4.78, 5) is 4.78. The molecule has 2 aromatic rings. The Balaban J connectivity index is 0.00000288. The third kappa shape index (κ3) is 4.75. The summed E-state index contributed by atoms with van der Waals surface area (Å²) in [6.07, 6.45) is 0. The molecule has 6 heteroatoms. The molecule has 0 aliphatic heterocycles. The number of fused-ring (bicyclic) bond motifs is 1. The number of nitrogens with zero attached hydrogens (tertiary/aromatic N) is 1. The summed E-state index contributed by atoms with van der Waals surface area (Å²) in [7, 11) is -1.96. The topological polar surface area (TPSA) is 59.0 Å². The van der Waals surface area contributed by atoms with Crippen molar-refractivity contribution < 1.29 is 47.8 Å². The van der Waals surface area contributed by atoms with Crippen molar-refractivity contribution in [2.24, 2.45) is 0 Å². The Hall–Kier alpha value is -0.190. The molecule has 2 rings (SSSR count). The first-order valence-electron chi connectivity index (χ1n) is 8.45. The Labute approximate surface area is 176 Å². The van der Waals surface area contributed by atoms with Gasteiger partial charge in [-0.3, -0.25) is 4.98 Å². The van der Waals surface area contributed by atoms with E-state index in [1.54, 1.807) is 6.07 Å². The zero-order chi connectivity index (χ0) is 17.5. The number of pyridine rings is 1. The van der Waals surface area contributed by atoms with Crippen molar-refractivity contribution in [1.82, 2.24) is 4.98 Å². The fourth-order valence-corrected chi connectivity index (χ4v) is 3.73. The van der Waals surface area contributed by atoms with Crippen LogP contribution in [0.3, 0.4) is 0 Å². The van der Waals surface area contributed by atoms with E-state index in [9.17, 15) is 10.0 Å². The Morgan fingerprint density at radius 3 is 1.68 bits per heavy atom. The van der Waals surface area contributed by atoms with Crippen LogP contribution in [0.25, 0.3) is 10.9 Å². The van der Waals surface area contributed by atoms with Gasteiger partial charge in [-0.1, -0.05) is 54.7 Å². The monoisotopic (exact) mass is 325 g/mol. The molecule has 0 amide bonds. The maximum absolute atomic E-state index is 11.7. The van der Waals surface area contributed by atoms with Crippen molar-refractivity contribution in [2.45, 2.75) is 66.2 Å². The van der Waals surface area contributed by atoms with Crippen LogP contribution in [0.1, 0.15) is 81.7 Å². The quantitative estimate of drug-likeness (QED) is 0.545. The molecule has 3 nitrogen and oxygen atoms in total. The molecule has 0 aliphatic carbocycles. The molecule has 0 N–H and O–H groups in total. The van der Waals surface area contributed by atoms with Gasteiger partial charge in [0.2, 0.25) is 0 Å². The van der Waals surface area contributed by atoms with E-state index >= 15 is 0 Å². The number of hydrogen-bond donors (Lipinski definition) is 0. The van der Waals surface area contributed by atoms with Crippen LogP contribution in [-0.2, 0) is 0 Å². The molecular formula is C19H26BLi2NO2. The minimum atomic E-state index is -1.96. The maximum Gasteiger partial charge on any atom is 1.00 e. The van der Waals surface area contributed by atoms with Gasteiger partial charge in [0.25, 0.3) is 0 Å². The van der Waals surface area contributed by atoms with Gasteiger partial charge in [-0.25, -0.2) is 0 Å². The number of rotatable bonds is 4. The van der Waals surface area contributed by atoms with E-state index in [0.29, 0.717) is 17.3 Å². The third-order valence-corrected chi connectivity index (χ3v) is 4.48. The van der Waals surface area contributed by atoms with E-state index in [1.165, 1.54) is 11.1 Å². The molecule has 0 saturated carbocycles. The standard InChI is InChI=1S/C19H26BNO2.2Li/c1-10(2)16-13(7)21-15-9-8-14(20(22)23)17(11(3)4)19(15)18(16)12(5)6;;/h8-12H,1-7H3;;/q-2;2*+1. The van der Waals surface area contributed by atoms with Gasteiger partial charge in [0.1, 0.15) is 0 Å². The molecule has 0 atom stereocenters. The molecule has 0 unspecified atom stereocenters. The summed E-state index contributed by atoms with van der Waals surface area (Å²) >= 11 is 0. The zero-order valence-electron chi connectivity index (χ0n) is 17.2. The van der Waals surface area contributed by atoms with Crippen LogP contribution in [-0.4, -0.2) is 12.1 Å². The predicted octanol–water partition coefficient (Wildman–Crippen LogP) is -3.66. The molecule has 0 fully saturated rings. The Morgan fingerprint density at radius 2 is 1.28 bits per heavy atom. The first-order chi connectivity index (χ1) is 10.7. The summed E-state index contributed by atoms with van der Waals surface area (Å²) in [5, 5.41) is 24.4. The fraction of sp³-hybridized carbons (Fsp3) is 0.526. The van der Waals surface area contributed by atoms with Crippen molar-refractivity contribution in [3.8, 4) is 0 Å².